The molecule has 5 heteroatoms. The lowest BCUT2D eigenvalue weighted by Gasteiger charge is -2.33. The Hall–Kier alpha value is -2.07. The first-order valence-electron chi connectivity index (χ1n) is 9.12. The number of rotatable bonds is 4. The number of hydrogen-bond acceptors (Lipinski definition) is 3. The molecule has 0 unspecified atom stereocenters. The lowest BCUT2D eigenvalue weighted by atomic mass is 10.0. The Morgan fingerprint density at radius 2 is 1.59 bits per heavy atom. The van der Waals surface area contributed by atoms with Crippen molar-refractivity contribution >= 4 is 40.2 Å². The zero-order valence-corrected chi connectivity index (χ0v) is 16.5. The van der Waals surface area contributed by atoms with E-state index < -0.39 is 0 Å². The van der Waals surface area contributed by atoms with E-state index in [1.807, 2.05) is 12.1 Å². The Bertz CT molecular complexity index is 957. The zero-order valence-electron chi connectivity index (χ0n) is 15.0. The van der Waals surface area contributed by atoms with Gasteiger partial charge in [0.05, 0.1) is 16.3 Å². The standard InChI is InChI=1S/C22H21Cl2N3/c23-21-10-4-7-18(22(21)24)15-25-27-13-11-26(12-14-27)16-19-8-3-6-17-5-1-2-9-20(17)19/h1-10,15H,11-14,16H2/b25-15+. The van der Waals surface area contributed by atoms with E-state index in [-0.39, 0.29) is 0 Å². The van der Waals surface area contributed by atoms with Crippen molar-refractivity contribution in [3.63, 3.8) is 0 Å². The summed E-state index contributed by atoms with van der Waals surface area (Å²) in [5, 5.41) is 10.4. The first-order valence-corrected chi connectivity index (χ1v) is 9.88. The Kier molecular flexibility index (Phi) is 5.63. The van der Waals surface area contributed by atoms with Crippen LogP contribution in [0.25, 0.3) is 10.8 Å². The van der Waals surface area contributed by atoms with Crippen molar-refractivity contribution in [3.8, 4) is 0 Å². The summed E-state index contributed by atoms with van der Waals surface area (Å²) < 4.78 is 0. The monoisotopic (exact) mass is 397 g/mol. The third kappa shape index (κ3) is 4.27. The zero-order chi connectivity index (χ0) is 18.6. The predicted molar refractivity (Wildman–Crippen MR) is 115 cm³/mol. The number of hydrazone groups is 1. The minimum absolute atomic E-state index is 0.553. The average molecular weight is 398 g/mol. The van der Waals surface area contributed by atoms with Gasteiger partial charge < -0.3 is 0 Å². The van der Waals surface area contributed by atoms with Crippen LogP contribution in [-0.2, 0) is 6.54 Å². The fourth-order valence-corrected chi connectivity index (χ4v) is 3.80. The molecule has 1 saturated heterocycles. The Balaban J connectivity index is 1.37. The maximum Gasteiger partial charge on any atom is 0.0680 e. The second kappa shape index (κ2) is 8.30. The first-order chi connectivity index (χ1) is 13.2. The molecular formula is C22H21Cl2N3. The fourth-order valence-electron chi connectivity index (χ4n) is 3.45. The van der Waals surface area contributed by atoms with Gasteiger partial charge in [-0.3, -0.25) is 9.91 Å². The summed E-state index contributed by atoms with van der Waals surface area (Å²) in [6.45, 7) is 4.76. The minimum atomic E-state index is 0.553. The smallest absolute Gasteiger partial charge is 0.0680 e. The van der Waals surface area contributed by atoms with Crippen molar-refractivity contribution in [1.82, 2.24) is 9.91 Å². The average Bonchev–Trinajstić information content (AvgIpc) is 2.70. The minimum Gasteiger partial charge on any atom is -0.295 e. The number of nitrogens with zero attached hydrogens (tertiary/aromatic N) is 3. The fraction of sp³-hybridized carbons (Fsp3) is 0.227. The molecule has 0 aliphatic carbocycles. The predicted octanol–water partition coefficient (Wildman–Crippen LogP) is 5.30. The molecule has 0 amide bonds. The molecule has 1 aliphatic heterocycles. The maximum absolute atomic E-state index is 6.22. The van der Waals surface area contributed by atoms with Gasteiger partial charge in [0.2, 0.25) is 0 Å². The molecule has 1 heterocycles. The Labute approximate surface area is 169 Å². The van der Waals surface area contributed by atoms with Crippen molar-refractivity contribution in [1.29, 1.82) is 0 Å². The van der Waals surface area contributed by atoms with E-state index in [4.69, 9.17) is 23.2 Å². The van der Waals surface area contributed by atoms with Crippen LogP contribution in [0.15, 0.2) is 65.8 Å². The second-order valence-corrected chi connectivity index (χ2v) is 7.54. The lowest BCUT2D eigenvalue weighted by Crippen LogP contribution is -2.43. The molecule has 0 N–H and O–H groups in total. The molecule has 0 aromatic heterocycles. The summed E-state index contributed by atoms with van der Waals surface area (Å²) >= 11 is 12.3. The van der Waals surface area contributed by atoms with E-state index in [0.717, 1.165) is 38.3 Å². The highest BCUT2D eigenvalue weighted by molar-refractivity contribution is 6.43. The van der Waals surface area contributed by atoms with Crippen LogP contribution in [0.2, 0.25) is 10.0 Å². The number of benzene rings is 3. The molecule has 3 aromatic rings. The maximum atomic E-state index is 6.22. The highest BCUT2D eigenvalue weighted by Gasteiger charge is 2.16. The van der Waals surface area contributed by atoms with Crippen LogP contribution in [0.3, 0.4) is 0 Å². The van der Waals surface area contributed by atoms with Crippen LogP contribution in [-0.4, -0.2) is 42.3 Å². The van der Waals surface area contributed by atoms with E-state index in [1.165, 1.54) is 16.3 Å². The van der Waals surface area contributed by atoms with Crippen LogP contribution < -0.4 is 0 Å². The molecule has 27 heavy (non-hydrogen) atoms. The van der Waals surface area contributed by atoms with Crippen molar-refractivity contribution in [2.24, 2.45) is 5.10 Å². The molecule has 0 radical (unpaired) electrons. The lowest BCUT2D eigenvalue weighted by molar-refractivity contribution is 0.131. The van der Waals surface area contributed by atoms with E-state index in [9.17, 15) is 0 Å². The molecule has 3 nitrogen and oxygen atoms in total. The summed E-state index contributed by atoms with van der Waals surface area (Å²) in [6.07, 6.45) is 1.80. The largest absolute Gasteiger partial charge is 0.295 e. The number of fused-ring (bicyclic) bond motifs is 1. The van der Waals surface area contributed by atoms with E-state index in [1.54, 1.807) is 12.3 Å². The highest BCUT2D eigenvalue weighted by Crippen LogP contribution is 2.24. The quantitative estimate of drug-likeness (QED) is 0.556. The van der Waals surface area contributed by atoms with Gasteiger partial charge in [-0.2, -0.15) is 5.10 Å². The molecule has 0 spiro atoms. The van der Waals surface area contributed by atoms with Gasteiger partial charge in [0.15, 0.2) is 0 Å². The van der Waals surface area contributed by atoms with Gasteiger partial charge in [0, 0.05) is 38.3 Å². The number of piperazine rings is 1. The van der Waals surface area contributed by atoms with Crippen molar-refractivity contribution in [3.05, 3.63) is 81.8 Å². The molecule has 1 fully saturated rings. The van der Waals surface area contributed by atoms with Crippen LogP contribution in [0.5, 0.6) is 0 Å². The Morgan fingerprint density at radius 1 is 0.852 bits per heavy atom. The summed E-state index contributed by atoms with van der Waals surface area (Å²) in [6, 6.07) is 20.7. The van der Waals surface area contributed by atoms with Crippen molar-refractivity contribution in [2.45, 2.75) is 6.54 Å². The molecule has 0 atom stereocenters. The van der Waals surface area contributed by atoms with Crippen LogP contribution in [0.4, 0.5) is 0 Å². The summed E-state index contributed by atoms with van der Waals surface area (Å²) in [4.78, 5) is 2.49. The molecule has 4 rings (SSSR count). The third-order valence-corrected chi connectivity index (χ3v) is 5.80. The van der Waals surface area contributed by atoms with Gasteiger partial charge in [0.1, 0.15) is 0 Å². The van der Waals surface area contributed by atoms with Gasteiger partial charge >= 0.3 is 0 Å². The second-order valence-electron chi connectivity index (χ2n) is 6.76. The van der Waals surface area contributed by atoms with Gasteiger partial charge in [-0.25, -0.2) is 0 Å². The molecule has 0 bridgehead atoms. The van der Waals surface area contributed by atoms with Crippen LogP contribution >= 0.6 is 23.2 Å². The van der Waals surface area contributed by atoms with Gasteiger partial charge in [-0.1, -0.05) is 77.8 Å². The Morgan fingerprint density at radius 3 is 2.44 bits per heavy atom. The topological polar surface area (TPSA) is 18.8 Å². The number of halogens is 2. The number of hydrogen-bond donors (Lipinski definition) is 0. The molecule has 3 aromatic carbocycles. The van der Waals surface area contributed by atoms with E-state index in [2.05, 4.69) is 57.5 Å². The third-order valence-electron chi connectivity index (χ3n) is 4.96. The van der Waals surface area contributed by atoms with Crippen molar-refractivity contribution in [2.75, 3.05) is 26.2 Å². The van der Waals surface area contributed by atoms with E-state index >= 15 is 0 Å². The highest BCUT2D eigenvalue weighted by atomic mass is 35.5. The van der Waals surface area contributed by atoms with Gasteiger partial charge in [-0.15, -0.1) is 0 Å². The molecular weight excluding hydrogens is 377 g/mol. The van der Waals surface area contributed by atoms with Crippen molar-refractivity contribution < 1.29 is 0 Å². The molecule has 1 aliphatic rings. The van der Waals surface area contributed by atoms with Crippen LogP contribution in [0, 0.1) is 0 Å². The van der Waals surface area contributed by atoms with Crippen LogP contribution in [0.1, 0.15) is 11.1 Å². The first kappa shape index (κ1) is 18.3. The van der Waals surface area contributed by atoms with Gasteiger partial charge in [0.25, 0.3) is 0 Å². The summed E-state index contributed by atoms with van der Waals surface area (Å²) in [5.74, 6) is 0. The SMILES string of the molecule is Clc1cccc(/C=N/N2CCN(Cc3cccc4ccccc34)CC2)c1Cl. The molecule has 138 valence electrons. The van der Waals surface area contributed by atoms with Gasteiger partial charge in [-0.05, 0) is 22.4 Å². The van der Waals surface area contributed by atoms with E-state index in [0.29, 0.717) is 10.0 Å². The normalized spacial score (nSPS) is 15.7. The molecule has 0 saturated carbocycles. The summed E-state index contributed by atoms with van der Waals surface area (Å²) in [5.41, 5.74) is 2.23. The summed E-state index contributed by atoms with van der Waals surface area (Å²) in [7, 11) is 0.